The number of ether oxygens (including phenoxy) is 3. The first kappa shape index (κ1) is 25.0. The van der Waals surface area contributed by atoms with E-state index in [4.69, 9.17) is 14.2 Å². The molecular formula is C22H32IN3O3. The second-order valence-corrected chi connectivity index (χ2v) is 6.43. The van der Waals surface area contributed by atoms with E-state index in [0.717, 1.165) is 35.0 Å². The number of guanidine groups is 1. The molecule has 7 heteroatoms. The number of nitrogens with zero attached hydrogens (tertiary/aromatic N) is 1. The van der Waals surface area contributed by atoms with Gasteiger partial charge in [0.15, 0.2) is 5.96 Å². The van der Waals surface area contributed by atoms with Gasteiger partial charge in [-0.05, 0) is 36.2 Å². The van der Waals surface area contributed by atoms with E-state index in [0.29, 0.717) is 26.3 Å². The monoisotopic (exact) mass is 513 g/mol. The minimum Gasteiger partial charge on any atom is -0.497 e. The quantitative estimate of drug-likeness (QED) is 0.219. The molecule has 0 aliphatic rings. The van der Waals surface area contributed by atoms with E-state index < -0.39 is 0 Å². The average Bonchev–Trinajstić information content (AvgIpc) is 2.73. The Bertz CT molecular complexity index is 751. The Balaban J connectivity index is 0.00000420. The molecule has 0 unspecified atom stereocenters. The summed E-state index contributed by atoms with van der Waals surface area (Å²) in [4.78, 5) is 4.30. The van der Waals surface area contributed by atoms with Crippen molar-refractivity contribution in [2.24, 2.45) is 4.99 Å². The van der Waals surface area contributed by atoms with E-state index in [1.54, 1.807) is 21.3 Å². The van der Waals surface area contributed by atoms with Gasteiger partial charge in [-0.25, -0.2) is 0 Å². The summed E-state index contributed by atoms with van der Waals surface area (Å²) in [6.45, 7) is 4.70. The van der Waals surface area contributed by atoms with Gasteiger partial charge in [0, 0.05) is 45.8 Å². The van der Waals surface area contributed by atoms with Crippen LogP contribution in [0.1, 0.15) is 23.1 Å². The third-order valence-electron chi connectivity index (χ3n) is 4.26. The summed E-state index contributed by atoms with van der Waals surface area (Å²) in [6, 6.07) is 14.2. The zero-order valence-electron chi connectivity index (χ0n) is 17.7. The van der Waals surface area contributed by atoms with Gasteiger partial charge in [0.1, 0.15) is 11.5 Å². The highest BCUT2D eigenvalue weighted by atomic mass is 127. The van der Waals surface area contributed by atoms with Gasteiger partial charge in [0.05, 0.1) is 13.7 Å². The van der Waals surface area contributed by atoms with Crippen LogP contribution >= 0.6 is 24.0 Å². The Labute approximate surface area is 191 Å². The zero-order chi connectivity index (χ0) is 20.2. The molecular weight excluding hydrogens is 481 g/mol. The number of nitrogens with one attached hydrogen (secondary N) is 2. The first-order valence-corrected chi connectivity index (χ1v) is 9.45. The lowest BCUT2D eigenvalue weighted by atomic mass is 10.1. The number of aryl methyl sites for hydroxylation is 1. The summed E-state index contributed by atoms with van der Waals surface area (Å²) in [7, 11) is 5.13. The van der Waals surface area contributed by atoms with E-state index >= 15 is 0 Å². The molecule has 0 spiro atoms. The van der Waals surface area contributed by atoms with Crippen molar-refractivity contribution in [3.63, 3.8) is 0 Å². The zero-order valence-corrected chi connectivity index (χ0v) is 20.0. The fourth-order valence-corrected chi connectivity index (χ4v) is 2.66. The predicted octanol–water partition coefficient (Wildman–Crippen LogP) is 3.90. The van der Waals surface area contributed by atoms with Crippen LogP contribution in [-0.2, 0) is 17.8 Å². The van der Waals surface area contributed by atoms with Crippen molar-refractivity contribution >= 4 is 29.9 Å². The molecule has 2 aromatic carbocycles. The van der Waals surface area contributed by atoms with Crippen molar-refractivity contribution in [3.05, 3.63) is 59.2 Å². The van der Waals surface area contributed by atoms with Crippen LogP contribution < -0.4 is 20.1 Å². The normalized spacial score (nSPS) is 10.8. The fourth-order valence-electron chi connectivity index (χ4n) is 2.66. The van der Waals surface area contributed by atoms with Gasteiger partial charge in [-0.2, -0.15) is 0 Å². The second kappa shape index (κ2) is 14.1. The number of hydrogen-bond donors (Lipinski definition) is 2. The van der Waals surface area contributed by atoms with Crippen LogP contribution in [0.2, 0.25) is 0 Å². The molecule has 160 valence electrons. The van der Waals surface area contributed by atoms with Crippen LogP contribution in [0.25, 0.3) is 0 Å². The van der Waals surface area contributed by atoms with Gasteiger partial charge in [-0.3, -0.25) is 4.99 Å². The van der Waals surface area contributed by atoms with Gasteiger partial charge in [0.25, 0.3) is 0 Å². The first-order chi connectivity index (χ1) is 13.7. The van der Waals surface area contributed by atoms with Crippen LogP contribution in [0.3, 0.4) is 0 Å². The Hall–Kier alpha value is -2.00. The average molecular weight is 513 g/mol. The molecule has 0 aliphatic heterocycles. The molecule has 29 heavy (non-hydrogen) atoms. The molecule has 0 saturated carbocycles. The Morgan fingerprint density at radius 2 is 1.69 bits per heavy atom. The number of benzene rings is 2. The summed E-state index contributed by atoms with van der Waals surface area (Å²) in [5.74, 6) is 2.49. The van der Waals surface area contributed by atoms with Crippen molar-refractivity contribution in [3.8, 4) is 11.5 Å². The molecule has 0 atom stereocenters. The Morgan fingerprint density at radius 3 is 2.34 bits per heavy atom. The highest BCUT2D eigenvalue weighted by molar-refractivity contribution is 14.0. The van der Waals surface area contributed by atoms with E-state index in [1.165, 1.54) is 5.56 Å². The lowest BCUT2D eigenvalue weighted by Crippen LogP contribution is -2.36. The van der Waals surface area contributed by atoms with Crippen LogP contribution in [0.5, 0.6) is 11.5 Å². The molecule has 2 rings (SSSR count). The van der Waals surface area contributed by atoms with Crippen LogP contribution in [0.4, 0.5) is 0 Å². The Kier molecular flexibility index (Phi) is 12.1. The van der Waals surface area contributed by atoms with Crippen molar-refractivity contribution in [1.82, 2.24) is 10.6 Å². The number of hydrogen-bond acceptors (Lipinski definition) is 4. The lowest BCUT2D eigenvalue weighted by molar-refractivity contribution is 0.171. The largest absolute Gasteiger partial charge is 0.497 e. The highest BCUT2D eigenvalue weighted by Gasteiger charge is 2.06. The first-order valence-electron chi connectivity index (χ1n) is 9.45. The van der Waals surface area contributed by atoms with Crippen LogP contribution in [-0.4, -0.2) is 40.4 Å². The smallest absolute Gasteiger partial charge is 0.191 e. The molecule has 2 aromatic rings. The molecule has 0 heterocycles. The van der Waals surface area contributed by atoms with Gasteiger partial charge in [0.2, 0.25) is 0 Å². The molecule has 0 amide bonds. The number of rotatable bonds is 10. The maximum Gasteiger partial charge on any atom is 0.191 e. The van der Waals surface area contributed by atoms with Crippen molar-refractivity contribution in [1.29, 1.82) is 0 Å². The summed E-state index contributed by atoms with van der Waals surface area (Å²) >= 11 is 0. The summed E-state index contributed by atoms with van der Waals surface area (Å²) < 4.78 is 16.2. The number of methoxy groups -OCH3 is 2. The van der Waals surface area contributed by atoms with E-state index in [2.05, 4.69) is 40.7 Å². The summed E-state index contributed by atoms with van der Waals surface area (Å²) in [5, 5.41) is 6.67. The topological polar surface area (TPSA) is 64.1 Å². The third-order valence-corrected chi connectivity index (χ3v) is 4.26. The van der Waals surface area contributed by atoms with Crippen molar-refractivity contribution < 1.29 is 14.2 Å². The third kappa shape index (κ3) is 8.91. The Morgan fingerprint density at radius 1 is 0.966 bits per heavy atom. The van der Waals surface area contributed by atoms with Gasteiger partial charge >= 0.3 is 0 Å². The van der Waals surface area contributed by atoms with Crippen molar-refractivity contribution in [2.45, 2.75) is 26.4 Å². The molecule has 0 radical (unpaired) electrons. The number of halogens is 1. The minimum atomic E-state index is 0. The maximum atomic E-state index is 5.94. The summed E-state index contributed by atoms with van der Waals surface area (Å²) in [6.07, 6.45) is 0.863. The fraction of sp³-hybridized carbons (Fsp3) is 0.409. The van der Waals surface area contributed by atoms with Crippen LogP contribution in [0, 0.1) is 6.92 Å². The SMILES string of the molecule is CN=C(NCc1ccc(OC)cc1)NCc1ccc(C)cc1OCCCOC.I. The lowest BCUT2D eigenvalue weighted by Gasteiger charge is -2.15. The van der Waals surface area contributed by atoms with Gasteiger partial charge in [-0.1, -0.05) is 24.3 Å². The van der Waals surface area contributed by atoms with E-state index in [1.807, 2.05) is 24.3 Å². The molecule has 0 bridgehead atoms. The second-order valence-electron chi connectivity index (χ2n) is 6.43. The van der Waals surface area contributed by atoms with Crippen LogP contribution in [0.15, 0.2) is 47.5 Å². The molecule has 0 fully saturated rings. The number of aliphatic imine (C=N–C) groups is 1. The molecule has 6 nitrogen and oxygen atoms in total. The molecule has 2 N–H and O–H groups in total. The van der Waals surface area contributed by atoms with Crippen molar-refractivity contribution in [2.75, 3.05) is 34.5 Å². The molecule has 0 aromatic heterocycles. The van der Waals surface area contributed by atoms with E-state index in [9.17, 15) is 0 Å². The van der Waals surface area contributed by atoms with E-state index in [-0.39, 0.29) is 24.0 Å². The minimum absolute atomic E-state index is 0. The van der Waals surface area contributed by atoms with Gasteiger partial charge in [-0.15, -0.1) is 24.0 Å². The highest BCUT2D eigenvalue weighted by Crippen LogP contribution is 2.20. The molecule has 0 aliphatic carbocycles. The van der Waals surface area contributed by atoms with Gasteiger partial charge < -0.3 is 24.8 Å². The maximum absolute atomic E-state index is 5.94. The molecule has 0 saturated heterocycles. The summed E-state index contributed by atoms with van der Waals surface area (Å²) in [5.41, 5.74) is 3.42. The predicted molar refractivity (Wildman–Crippen MR) is 129 cm³/mol. The standard InChI is InChI=1S/C22H31N3O3.HI/c1-17-6-9-19(21(14-17)28-13-5-12-26-3)16-25-22(23-2)24-15-18-7-10-20(27-4)11-8-18;/h6-11,14H,5,12-13,15-16H2,1-4H3,(H2,23,24,25);1H.